The first-order valence-electron chi connectivity index (χ1n) is 14.5. The van der Waals surface area contributed by atoms with E-state index in [2.05, 4.69) is 27.0 Å². The number of ether oxygens (including phenoxy) is 4. The van der Waals surface area contributed by atoms with Crippen LogP contribution in [0.4, 0.5) is 10.6 Å². The van der Waals surface area contributed by atoms with Gasteiger partial charge in [0.15, 0.2) is 18.4 Å². The summed E-state index contributed by atoms with van der Waals surface area (Å²) in [6.45, 7) is 5.46. The molecule has 0 bridgehead atoms. The predicted octanol–water partition coefficient (Wildman–Crippen LogP) is 5.38. The van der Waals surface area contributed by atoms with Crippen molar-refractivity contribution in [1.29, 1.82) is 5.26 Å². The highest BCUT2D eigenvalue weighted by Crippen LogP contribution is 2.40. The minimum Gasteiger partial charge on any atom is -0.495 e. The number of carbonyl (C=O) groups excluding carboxylic acids is 3. The molecule has 0 aliphatic heterocycles. The third-order valence-electron chi connectivity index (χ3n) is 6.44. The van der Waals surface area contributed by atoms with Gasteiger partial charge in [0.1, 0.15) is 28.7 Å². The van der Waals surface area contributed by atoms with E-state index in [-0.39, 0.29) is 48.3 Å². The fraction of sp³-hybridized carbons (Fsp3) is 0.265. The molecule has 47 heavy (non-hydrogen) atoms. The van der Waals surface area contributed by atoms with Crippen molar-refractivity contribution in [3.63, 3.8) is 0 Å². The zero-order valence-electron chi connectivity index (χ0n) is 26.6. The summed E-state index contributed by atoms with van der Waals surface area (Å²) in [7, 11) is 2.90. The average molecular weight is 642 g/mol. The number of benzene rings is 2. The summed E-state index contributed by atoms with van der Waals surface area (Å²) >= 11 is 0. The quantitative estimate of drug-likeness (QED) is 0.135. The Balaban J connectivity index is 1.75. The van der Waals surface area contributed by atoms with Crippen LogP contribution in [0.1, 0.15) is 47.2 Å². The zero-order valence-corrected chi connectivity index (χ0v) is 26.6. The van der Waals surface area contributed by atoms with Crippen molar-refractivity contribution in [1.82, 2.24) is 15.6 Å². The number of pyridine rings is 1. The van der Waals surface area contributed by atoms with Crippen LogP contribution in [0, 0.1) is 11.3 Å². The zero-order chi connectivity index (χ0) is 34.0. The second-order valence-corrected chi connectivity index (χ2v) is 10.9. The molecule has 0 unspecified atom stereocenters. The number of hydrogen-bond donors (Lipinski definition) is 3. The number of alkyl carbamates (subject to hydrolysis) is 1. The summed E-state index contributed by atoms with van der Waals surface area (Å²) in [6, 6.07) is 18.8. The van der Waals surface area contributed by atoms with Crippen LogP contribution in [0.3, 0.4) is 0 Å². The number of furan rings is 1. The van der Waals surface area contributed by atoms with Crippen LogP contribution in [0.15, 0.2) is 71.3 Å². The van der Waals surface area contributed by atoms with Gasteiger partial charge in [0.25, 0.3) is 11.8 Å². The fourth-order valence-electron chi connectivity index (χ4n) is 4.50. The molecule has 2 aromatic carbocycles. The van der Waals surface area contributed by atoms with Crippen molar-refractivity contribution in [2.24, 2.45) is 0 Å². The lowest BCUT2D eigenvalue weighted by atomic mass is 9.95. The number of aromatic nitrogens is 1. The molecule has 0 aliphatic carbocycles. The highest BCUT2D eigenvalue weighted by atomic mass is 16.7. The van der Waals surface area contributed by atoms with Gasteiger partial charge in [-0.3, -0.25) is 9.59 Å². The molecule has 4 rings (SSSR count). The topological polar surface area (TPSA) is 174 Å². The number of hydrogen-bond acceptors (Lipinski definition) is 10. The van der Waals surface area contributed by atoms with Crippen LogP contribution in [0.5, 0.6) is 11.5 Å². The second kappa shape index (κ2) is 15.4. The number of methoxy groups -OCH3 is 2. The van der Waals surface area contributed by atoms with Crippen molar-refractivity contribution in [2.45, 2.75) is 26.4 Å². The van der Waals surface area contributed by atoms with Crippen LogP contribution in [-0.2, 0) is 9.47 Å². The van der Waals surface area contributed by atoms with Crippen molar-refractivity contribution in [3.05, 3.63) is 83.8 Å². The molecule has 0 radical (unpaired) electrons. The Morgan fingerprint density at radius 2 is 1.66 bits per heavy atom. The number of nitrogens with one attached hydrogen (secondary N) is 3. The Labute approximate surface area is 271 Å². The van der Waals surface area contributed by atoms with Crippen LogP contribution in [-0.4, -0.2) is 62.6 Å². The highest BCUT2D eigenvalue weighted by molar-refractivity contribution is 6.04. The molecule has 0 aliphatic rings. The van der Waals surface area contributed by atoms with Gasteiger partial charge in [-0.2, -0.15) is 5.26 Å². The maximum Gasteiger partial charge on any atom is 0.407 e. The molecule has 3 N–H and O–H groups in total. The van der Waals surface area contributed by atoms with Gasteiger partial charge in [0, 0.05) is 36.9 Å². The van der Waals surface area contributed by atoms with E-state index in [1.807, 2.05) is 0 Å². The lowest BCUT2D eigenvalue weighted by molar-refractivity contribution is 0.0514. The number of para-hydroxylation sites is 2. The number of anilines is 1. The van der Waals surface area contributed by atoms with Gasteiger partial charge in [0.2, 0.25) is 0 Å². The lowest BCUT2D eigenvalue weighted by Crippen LogP contribution is -2.37. The highest BCUT2D eigenvalue weighted by Gasteiger charge is 2.24. The Morgan fingerprint density at radius 3 is 2.34 bits per heavy atom. The van der Waals surface area contributed by atoms with Crippen LogP contribution >= 0.6 is 0 Å². The van der Waals surface area contributed by atoms with Crippen LogP contribution in [0.25, 0.3) is 22.4 Å². The molecule has 0 saturated heterocycles. The average Bonchev–Trinajstić information content (AvgIpc) is 3.60. The smallest absolute Gasteiger partial charge is 0.407 e. The summed E-state index contributed by atoms with van der Waals surface area (Å²) in [5.41, 5.74) is 1.15. The Bertz CT molecular complexity index is 1770. The number of nitriles is 1. The van der Waals surface area contributed by atoms with Gasteiger partial charge in [-0.1, -0.05) is 24.3 Å². The third kappa shape index (κ3) is 8.65. The summed E-state index contributed by atoms with van der Waals surface area (Å²) in [6.07, 6.45) is 0.751. The van der Waals surface area contributed by atoms with E-state index >= 15 is 0 Å². The Morgan fingerprint density at radius 1 is 0.915 bits per heavy atom. The van der Waals surface area contributed by atoms with Crippen molar-refractivity contribution < 1.29 is 37.7 Å². The summed E-state index contributed by atoms with van der Waals surface area (Å²) in [5, 5.41) is 18.4. The van der Waals surface area contributed by atoms with Crippen molar-refractivity contribution in [3.8, 4) is 40.0 Å². The van der Waals surface area contributed by atoms with Gasteiger partial charge in [-0.15, -0.1) is 0 Å². The standard InChI is InChI=1S/C34H35N5O8/c1-34(2,3)47-33(42)37-16-15-36-31(40)23-12-8-11-21(29(23)44-5)24-18-26(22-10-6-7-13-27(22)46-20-43-4)38-30(25(24)19-35)39-32(41)28-14-9-17-45-28/h6-14,17-18H,15-16,20H2,1-5H3,(H,36,40)(H,37,42)(H,38,39,41). The first kappa shape index (κ1) is 34.0. The first-order valence-corrected chi connectivity index (χ1v) is 14.5. The molecule has 0 atom stereocenters. The second-order valence-electron chi connectivity index (χ2n) is 10.9. The third-order valence-corrected chi connectivity index (χ3v) is 6.44. The largest absolute Gasteiger partial charge is 0.495 e. The molecule has 2 aromatic heterocycles. The van der Waals surface area contributed by atoms with E-state index < -0.39 is 23.5 Å². The Kier molecular flexibility index (Phi) is 11.2. The van der Waals surface area contributed by atoms with E-state index in [1.54, 1.807) is 75.4 Å². The number of carbonyl (C=O) groups is 3. The predicted molar refractivity (Wildman–Crippen MR) is 172 cm³/mol. The van der Waals surface area contributed by atoms with E-state index in [4.69, 9.17) is 23.4 Å². The molecule has 13 nitrogen and oxygen atoms in total. The van der Waals surface area contributed by atoms with Gasteiger partial charge in [-0.05, 0) is 57.2 Å². The first-order chi connectivity index (χ1) is 22.6. The summed E-state index contributed by atoms with van der Waals surface area (Å²) in [4.78, 5) is 42.9. The van der Waals surface area contributed by atoms with Crippen molar-refractivity contribution in [2.75, 3.05) is 39.4 Å². The van der Waals surface area contributed by atoms with Crippen molar-refractivity contribution >= 4 is 23.7 Å². The maximum atomic E-state index is 13.3. The molecule has 4 aromatic rings. The molecular weight excluding hydrogens is 606 g/mol. The fourth-order valence-corrected chi connectivity index (χ4v) is 4.50. The molecule has 0 spiro atoms. The van der Waals surface area contributed by atoms with E-state index in [0.29, 0.717) is 28.1 Å². The van der Waals surface area contributed by atoms with E-state index in [1.165, 1.54) is 26.5 Å². The molecule has 244 valence electrons. The number of nitrogens with zero attached hydrogens (tertiary/aromatic N) is 2. The van der Waals surface area contributed by atoms with Crippen LogP contribution < -0.4 is 25.4 Å². The number of amides is 3. The SMILES string of the molecule is COCOc1ccccc1-c1cc(-c2cccc(C(=O)NCCNC(=O)OC(C)(C)C)c2OC)c(C#N)c(NC(=O)c2ccco2)n1. The molecule has 0 fully saturated rings. The van der Waals surface area contributed by atoms with Gasteiger partial charge < -0.3 is 39.3 Å². The molecule has 13 heteroatoms. The molecule has 3 amide bonds. The molecule has 2 heterocycles. The lowest BCUT2D eigenvalue weighted by Gasteiger charge is -2.20. The van der Waals surface area contributed by atoms with Gasteiger partial charge in [-0.25, -0.2) is 9.78 Å². The number of rotatable bonds is 12. The monoisotopic (exact) mass is 641 g/mol. The normalized spacial score (nSPS) is 10.8. The minimum absolute atomic E-state index is 0.0152. The van der Waals surface area contributed by atoms with Gasteiger partial charge >= 0.3 is 6.09 Å². The van der Waals surface area contributed by atoms with E-state index in [9.17, 15) is 19.6 Å². The molecule has 0 saturated carbocycles. The van der Waals surface area contributed by atoms with E-state index in [0.717, 1.165) is 0 Å². The summed E-state index contributed by atoms with van der Waals surface area (Å²) < 4.78 is 27.0. The van der Waals surface area contributed by atoms with Gasteiger partial charge in [0.05, 0.1) is 24.6 Å². The minimum atomic E-state index is -0.656. The summed E-state index contributed by atoms with van der Waals surface area (Å²) in [5.74, 6) is -0.512. The molecular formula is C34H35N5O8. The maximum absolute atomic E-state index is 13.3. The van der Waals surface area contributed by atoms with Crippen LogP contribution in [0.2, 0.25) is 0 Å². The Hall–Kier alpha value is -5.87.